The highest BCUT2D eigenvalue weighted by Crippen LogP contribution is 2.23. The fourth-order valence-corrected chi connectivity index (χ4v) is 2.40. The second kappa shape index (κ2) is 7.39. The number of carbonyl (C=O) groups is 1. The van der Waals surface area contributed by atoms with Gasteiger partial charge in [0.1, 0.15) is 0 Å². The fraction of sp³-hybridized carbons (Fsp3) is 0.500. The van der Waals surface area contributed by atoms with Crippen molar-refractivity contribution in [3.63, 3.8) is 0 Å². The Bertz CT molecular complexity index is 369. The predicted molar refractivity (Wildman–Crippen MR) is 75.5 cm³/mol. The van der Waals surface area contributed by atoms with Gasteiger partial charge in [0.05, 0.1) is 0 Å². The summed E-state index contributed by atoms with van der Waals surface area (Å²) in [5.41, 5.74) is 7.03. The molecule has 1 saturated carbocycles. The van der Waals surface area contributed by atoms with E-state index in [0.717, 1.165) is 31.2 Å². The highest BCUT2D eigenvalue weighted by Gasteiger charge is 2.24. The lowest BCUT2D eigenvalue weighted by Gasteiger charge is -2.25. The summed E-state index contributed by atoms with van der Waals surface area (Å²) in [5, 5.41) is 2.99. The van der Waals surface area contributed by atoms with E-state index in [-0.39, 0.29) is 30.3 Å². The van der Waals surface area contributed by atoms with E-state index in [4.69, 9.17) is 5.73 Å². The summed E-state index contributed by atoms with van der Waals surface area (Å²) in [7, 11) is 0. The third-order valence-electron chi connectivity index (χ3n) is 3.40. The topological polar surface area (TPSA) is 55.1 Å². The number of halogens is 1. The van der Waals surface area contributed by atoms with Crippen molar-refractivity contribution < 1.29 is 4.79 Å². The molecule has 1 amide bonds. The van der Waals surface area contributed by atoms with E-state index in [1.165, 1.54) is 0 Å². The minimum absolute atomic E-state index is 0. The first-order valence-corrected chi connectivity index (χ1v) is 6.33. The minimum atomic E-state index is 0. The van der Waals surface area contributed by atoms with Gasteiger partial charge >= 0.3 is 0 Å². The third kappa shape index (κ3) is 4.31. The largest absolute Gasteiger partial charge is 0.352 e. The zero-order valence-corrected chi connectivity index (χ0v) is 11.3. The molecular weight excluding hydrogens is 248 g/mol. The third-order valence-corrected chi connectivity index (χ3v) is 3.40. The molecule has 2 unspecified atom stereocenters. The predicted octanol–water partition coefficient (Wildman–Crippen LogP) is 2.24. The normalized spacial score (nSPS) is 22.9. The Balaban J connectivity index is 0.00000162. The fourth-order valence-electron chi connectivity index (χ4n) is 2.40. The summed E-state index contributed by atoms with van der Waals surface area (Å²) < 4.78 is 0. The van der Waals surface area contributed by atoms with Gasteiger partial charge in [-0.05, 0) is 24.8 Å². The lowest BCUT2D eigenvalue weighted by atomic mass is 9.85. The van der Waals surface area contributed by atoms with E-state index in [1.807, 2.05) is 30.3 Å². The molecule has 100 valence electrons. The number of hydrogen-bond donors (Lipinski definition) is 2. The second-order valence-electron chi connectivity index (χ2n) is 4.83. The van der Waals surface area contributed by atoms with E-state index in [9.17, 15) is 4.79 Å². The van der Waals surface area contributed by atoms with E-state index < -0.39 is 0 Å². The van der Waals surface area contributed by atoms with Crippen LogP contribution in [-0.2, 0) is 11.3 Å². The molecule has 0 aliphatic heterocycles. The van der Waals surface area contributed by atoms with Crippen LogP contribution in [0, 0.1) is 5.92 Å². The van der Waals surface area contributed by atoms with E-state index >= 15 is 0 Å². The SMILES string of the molecule is Cl.NC1CCCC(C(=O)NCc2ccccc2)C1. The van der Waals surface area contributed by atoms with Crippen LogP contribution in [0.2, 0.25) is 0 Å². The Morgan fingerprint density at radius 2 is 2.00 bits per heavy atom. The van der Waals surface area contributed by atoms with Crippen molar-refractivity contribution in [2.24, 2.45) is 11.7 Å². The number of carbonyl (C=O) groups excluding carboxylic acids is 1. The molecule has 0 heterocycles. The number of nitrogens with one attached hydrogen (secondary N) is 1. The molecular formula is C14H21ClN2O. The maximum Gasteiger partial charge on any atom is 0.223 e. The molecule has 0 aromatic heterocycles. The van der Waals surface area contributed by atoms with Gasteiger partial charge in [-0.1, -0.05) is 36.8 Å². The summed E-state index contributed by atoms with van der Waals surface area (Å²) >= 11 is 0. The summed E-state index contributed by atoms with van der Waals surface area (Å²) in [6, 6.07) is 10.2. The molecule has 0 bridgehead atoms. The van der Waals surface area contributed by atoms with Crippen LogP contribution in [0.1, 0.15) is 31.2 Å². The molecule has 0 spiro atoms. The van der Waals surface area contributed by atoms with Crippen LogP contribution < -0.4 is 11.1 Å². The van der Waals surface area contributed by atoms with Crippen LogP contribution in [0.4, 0.5) is 0 Å². The molecule has 3 N–H and O–H groups in total. The second-order valence-corrected chi connectivity index (χ2v) is 4.83. The highest BCUT2D eigenvalue weighted by molar-refractivity contribution is 5.85. The van der Waals surface area contributed by atoms with Crippen molar-refractivity contribution in [2.75, 3.05) is 0 Å². The molecule has 1 aromatic carbocycles. The van der Waals surface area contributed by atoms with Crippen molar-refractivity contribution in [2.45, 2.75) is 38.3 Å². The molecule has 2 rings (SSSR count). The Hall–Kier alpha value is -1.06. The first-order valence-electron chi connectivity index (χ1n) is 6.33. The lowest BCUT2D eigenvalue weighted by molar-refractivity contribution is -0.126. The van der Waals surface area contributed by atoms with Crippen molar-refractivity contribution in [1.29, 1.82) is 0 Å². The van der Waals surface area contributed by atoms with Gasteiger partial charge in [0.15, 0.2) is 0 Å². The van der Waals surface area contributed by atoms with E-state index in [0.29, 0.717) is 6.54 Å². The zero-order chi connectivity index (χ0) is 12.1. The molecule has 3 nitrogen and oxygen atoms in total. The summed E-state index contributed by atoms with van der Waals surface area (Å²) in [4.78, 5) is 12.0. The van der Waals surface area contributed by atoms with Gasteiger partial charge in [-0.3, -0.25) is 4.79 Å². The maximum atomic E-state index is 12.0. The minimum Gasteiger partial charge on any atom is -0.352 e. The average molecular weight is 269 g/mol. The quantitative estimate of drug-likeness (QED) is 0.883. The van der Waals surface area contributed by atoms with E-state index in [1.54, 1.807) is 0 Å². The molecule has 1 aromatic rings. The van der Waals surface area contributed by atoms with Gasteiger partial charge in [0, 0.05) is 18.5 Å². The Morgan fingerprint density at radius 1 is 1.28 bits per heavy atom. The van der Waals surface area contributed by atoms with Gasteiger partial charge < -0.3 is 11.1 Å². The van der Waals surface area contributed by atoms with Crippen LogP contribution >= 0.6 is 12.4 Å². The average Bonchev–Trinajstić information content (AvgIpc) is 2.37. The maximum absolute atomic E-state index is 12.0. The van der Waals surface area contributed by atoms with Gasteiger partial charge in [0.2, 0.25) is 5.91 Å². The first-order chi connectivity index (χ1) is 8.25. The Labute approximate surface area is 115 Å². The molecule has 1 aliphatic rings. The Kier molecular flexibility index (Phi) is 6.16. The van der Waals surface area contributed by atoms with Crippen molar-refractivity contribution >= 4 is 18.3 Å². The van der Waals surface area contributed by atoms with Gasteiger partial charge in [-0.15, -0.1) is 12.4 Å². The number of benzene rings is 1. The molecule has 0 radical (unpaired) electrons. The number of hydrogen-bond acceptors (Lipinski definition) is 2. The molecule has 1 fully saturated rings. The molecule has 18 heavy (non-hydrogen) atoms. The van der Waals surface area contributed by atoms with Crippen LogP contribution in [0.15, 0.2) is 30.3 Å². The van der Waals surface area contributed by atoms with Gasteiger partial charge in [-0.25, -0.2) is 0 Å². The van der Waals surface area contributed by atoms with Crippen LogP contribution in [0.25, 0.3) is 0 Å². The van der Waals surface area contributed by atoms with Crippen LogP contribution in [0.5, 0.6) is 0 Å². The monoisotopic (exact) mass is 268 g/mol. The summed E-state index contributed by atoms with van der Waals surface area (Å²) in [5.74, 6) is 0.270. The van der Waals surface area contributed by atoms with Crippen molar-refractivity contribution in [3.8, 4) is 0 Å². The highest BCUT2D eigenvalue weighted by atomic mass is 35.5. The lowest BCUT2D eigenvalue weighted by Crippen LogP contribution is -2.37. The molecule has 2 atom stereocenters. The number of rotatable bonds is 3. The smallest absolute Gasteiger partial charge is 0.223 e. The molecule has 0 saturated heterocycles. The summed E-state index contributed by atoms with van der Waals surface area (Å²) in [6.07, 6.45) is 3.95. The molecule has 4 heteroatoms. The van der Waals surface area contributed by atoms with Gasteiger partial charge in [-0.2, -0.15) is 0 Å². The molecule has 1 aliphatic carbocycles. The zero-order valence-electron chi connectivity index (χ0n) is 10.5. The number of amides is 1. The van der Waals surface area contributed by atoms with Gasteiger partial charge in [0.25, 0.3) is 0 Å². The van der Waals surface area contributed by atoms with Crippen molar-refractivity contribution in [3.05, 3.63) is 35.9 Å². The first kappa shape index (κ1) is 15.0. The van der Waals surface area contributed by atoms with E-state index in [2.05, 4.69) is 5.32 Å². The number of nitrogens with two attached hydrogens (primary N) is 1. The van der Waals surface area contributed by atoms with Crippen molar-refractivity contribution in [1.82, 2.24) is 5.32 Å². The van der Waals surface area contributed by atoms with Crippen LogP contribution in [-0.4, -0.2) is 11.9 Å². The summed E-state index contributed by atoms with van der Waals surface area (Å²) in [6.45, 7) is 0.616. The standard InChI is InChI=1S/C14H20N2O.ClH/c15-13-8-4-7-12(9-13)14(17)16-10-11-5-2-1-3-6-11;/h1-3,5-6,12-13H,4,7-10,15H2,(H,16,17);1H. The Morgan fingerprint density at radius 3 is 2.67 bits per heavy atom. The van der Waals surface area contributed by atoms with Crippen LogP contribution in [0.3, 0.4) is 0 Å².